The highest BCUT2D eigenvalue weighted by Crippen LogP contribution is 2.21. The smallest absolute Gasteiger partial charge is 0.242 e. The van der Waals surface area contributed by atoms with Crippen molar-refractivity contribution >= 4 is 27.5 Å². The van der Waals surface area contributed by atoms with Crippen molar-refractivity contribution in [2.75, 3.05) is 24.2 Å². The van der Waals surface area contributed by atoms with Gasteiger partial charge in [0.05, 0.1) is 11.9 Å². The number of hydrogen-bond acceptors (Lipinski definition) is 4. The van der Waals surface area contributed by atoms with Crippen LogP contribution in [0, 0.1) is 12.7 Å². The highest BCUT2D eigenvalue weighted by atomic mass is 32.2. The topological polar surface area (TPSA) is 86.8 Å². The van der Waals surface area contributed by atoms with Crippen LogP contribution in [0.1, 0.15) is 29.5 Å². The minimum atomic E-state index is -3.59. The molecule has 3 rings (SSSR count). The Balaban J connectivity index is 1.85. The van der Waals surface area contributed by atoms with E-state index in [1.165, 1.54) is 22.3 Å². The molecule has 3 aromatic rings. The summed E-state index contributed by atoms with van der Waals surface area (Å²) < 4.78 is 40.9. The fourth-order valence-electron chi connectivity index (χ4n) is 4.32. The van der Waals surface area contributed by atoms with Gasteiger partial charge in [-0.25, -0.2) is 12.8 Å². The van der Waals surface area contributed by atoms with Crippen molar-refractivity contribution < 1.29 is 22.4 Å². The molecule has 0 aliphatic rings. The van der Waals surface area contributed by atoms with Crippen LogP contribution in [0.15, 0.2) is 78.9 Å². The molecule has 38 heavy (non-hydrogen) atoms. The van der Waals surface area contributed by atoms with Crippen LogP contribution in [0.5, 0.6) is 0 Å². The van der Waals surface area contributed by atoms with Crippen molar-refractivity contribution in [2.24, 2.45) is 0 Å². The van der Waals surface area contributed by atoms with E-state index in [2.05, 4.69) is 5.32 Å². The third-order valence-corrected chi connectivity index (χ3v) is 7.45. The molecule has 0 saturated heterocycles. The van der Waals surface area contributed by atoms with Gasteiger partial charge in [0.15, 0.2) is 0 Å². The summed E-state index contributed by atoms with van der Waals surface area (Å²) in [6.45, 7) is 1.87. The van der Waals surface area contributed by atoms with Crippen LogP contribution in [0.4, 0.5) is 10.1 Å². The van der Waals surface area contributed by atoms with Crippen LogP contribution in [-0.2, 0) is 32.6 Å². The molecule has 0 bridgehead atoms. The fourth-order valence-corrected chi connectivity index (χ4v) is 5.27. The molecule has 1 atom stereocenters. The Kier molecular flexibility index (Phi) is 10.0. The van der Waals surface area contributed by atoms with Crippen molar-refractivity contribution in [3.8, 4) is 0 Å². The van der Waals surface area contributed by atoms with Crippen LogP contribution >= 0.6 is 0 Å². The number of likely N-dealkylation sites (N-methyl/N-ethyl adjacent to an activating group) is 1. The number of nitrogens with zero attached hydrogens (tertiary/aromatic N) is 2. The summed E-state index contributed by atoms with van der Waals surface area (Å²) in [4.78, 5) is 28.0. The molecule has 0 aromatic heterocycles. The molecule has 2 amide bonds. The van der Waals surface area contributed by atoms with Crippen molar-refractivity contribution in [3.63, 3.8) is 0 Å². The summed E-state index contributed by atoms with van der Waals surface area (Å²) in [5, 5.41) is 2.63. The number of rotatable bonds is 12. The number of aryl methyl sites for hydroxylation is 1. The summed E-state index contributed by atoms with van der Waals surface area (Å²) in [5.41, 5.74) is 2.59. The Hall–Kier alpha value is -3.72. The van der Waals surface area contributed by atoms with E-state index in [1.807, 2.05) is 43.3 Å². The van der Waals surface area contributed by atoms with Crippen LogP contribution < -0.4 is 9.62 Å². The van der Waals surface area contributed by atoms with Crippen molar-refractivity contribution in [3.05, 3.63) is 101 Å². The highest BCUT2D eigenvalue weighted by molar-refractivity contribution is 7.92. The van der Waals surface area contributed by atoms with Crippen molar-refractivity contribution in [1.29, 1.82) is 0 Å². The zero-order valence-corrected chi connectivity index (χ0v) is 22.7. The molecule has 0 aliphatic carbocycles. The van der Waals surface area contributed by atoms with Gasteiger partial charge < -0.3 is 10.2 Å². The van der Waals surface area contributed by atoms with Crippen molar-refractivity contribution in [1.82, 2.24) is 10.2 Å². The first kappa shape index (κ1) is 28.8. The minimum Gasteiger partial charge on any atom is -0.357 e. The van der Waals surface area contributed by atoms with Gasteiger partial charge in [0, 0.05) is 38.5 Å². The first-order valence-electron chi connectivity index (χ1n) is 12.4. The molecule has 0 aliphatic heterocycles. The summed E-state index contributed by atoms with van der Waals surface area (Å²) >= 11 is 0. The van der Waals surface area contributed by atoms with E-state index in [9.17, 15) is 22.4 Å². The second kappa shape index (κ2) is 13.2. The lowest BCUT2D eigenvalue weighted by molar-refractivity contribution is -0.141. The summed E-state index contributed by atoms with van der Waals surface area (Å²) in [6, 6.07) is 21.7. The van der Waals surface area contributed by atoms with E-state index < -0.39 is 21.9 Å². The Morgan fingerprint density at radius 2 is 1.66 bits per heavy atom. The van der Waals surface area contributed by atoms with E-state index in [1.54, 1.807) is 36.4 Å². The lowest BCUT2D eigenvalue weighted by Crippen LogP contribution is -2.50. The average Bonchev–Trinajstić information content (AvgIpc) is 2.89. The monoisotopic (exact) mass is 539 g/mol. The molecule has 0 fully saturated rings. The van der Waals surface area contributed by atoms with Gasteiger partial charge in [0.2, 0.25) is 21.8 Å². The highest BCUT2D eigenvalue weighted by Gasteiger charge is 2.30. The van der Waals surface area contributed by atoms with Gasteiger partial charge >= 0.3 is 0 Å². The first-order chi connectivity index (χ1) is 18.1. The third kappa shape index (κ3) is 7.89. The Morgan fingerprint density at radius 3 is 2.29 bits per heavy atom. The number of benzene rings is 3. The predicted molar refractivity (Wildman–Crippen MR) is 148 cm³/mol. The second-order valence-corrected chi connectivity index (χ2v) is 11.1. The maximum atomic E-state index is 14.6. The van der Waals surface area contributed by atoms with Crippen LogP contribution in [0.3, 0.4) is 0 Å². The first-order valence-corrected chi connectivity index (χ1v) is 14.3. The standard InChI is InChI=1S/C29H34FN3O4S/c1-22-11-9-15-25(19-22)33(38(3,36)37)18-10-17-28(34)32(21-24-14-7-8-16-26(24)30)27(29(35)31-2)20-23-12-5-4-6-13-23/h4-9,11-16,19,27H,10,17-18,20-21H2,1-3H3,(H,31,35). The van der Waals surface area contributed by atoms with Crippen LogP contribution in [0.25, 0.3) is 0 Å². The molecule has 202 valence electrons. The van der Waals surface area contributed by atoms with E-state index in [-0.39, 0.29) is 44.2 Å². The zero-order valence-electron chi connectivity index (χ0n) is 21.9. The van der Waals surface area contributed by atoms with E-state index in [0.29, 0.717) is 11.3 Å². The molecule has 1 N–H and O–H groups in total. The maximum Gasteiger partial charge on any atom is 0.242 e. The number of carbonyl (C=O) groups is 2. The molecule has 0 radical (unpaired) electrons. The maximum absolute atomic E-state index is 14.6. The molecule has 0 heterocycles. The SMILES string of the molecule is CNC(=O)C(Cc1ccccc1)N(Cc1ccccc1F)C(=O)CCCN(c1cccc(C)c1)S(C)(=O)=O. The van der Waals surface area contributed by atoms with Gasteiger partial charge in [-0.15, -0.1) is 0 Å². The van der Waals surface area contributed by atoms with Crippen LogP contribution in [0.2, 0.25) is 0 Å². The van der Waals surface area contributed by atoms with Gasteiger partial charge in [-0.2, -0.15) is 0 Å². The Morgan fingerprint density at radius 1 is 0.974 bits per heavy atom. The number of anilines is 1. The molecule has 0 saturated carbocycles. The van der Waals surface area contributed by atoms with Crippen molar-refractivity contribution in [2.45, 2.75) is 38.8 Å². The summed E-state index contributed by atoms with van der Waals surface area (Å²) in [7, 11) is -2.09. The Bertz CT molecular complexity index is 1350. The molecular formula is C29H34FN3O4S. The zero-order chi connectivity index (χ0) is 27.7. The molecule has 1 unspecified atom stereocenters. The minimum absolute atomic E-state index is 0.0193. The third-order valence-electron chi connectivity index (χ3n) is 6.26. The molecule has 9 heteroatoms. The summed E-state index contributed by atoms with van der Waals surface area (Å²) in [6.07, 6.45) is 1.58. The number of amides is 2. The fraction of sp³-hybridized carbons (Fsp3) is 0.310. The number of hydrogen-bond donors (Lipinski definition) is 1. The number of halogens is 1. The summed E-state index contributed by atoms with van der Waals surface area (Å²) in [5.74, 6) is -1.20. The van der Waals surface area contributed by atoms with Gasteiger partial charge in [-0.3, -0.25) is 13.9 Å². The lowest BCUT2D eigenvalue weighted by atomic mass is 10.0. The average molecular weight is 540 g/mol. The van der Waals surface area contributed by atoms with E-state index in [0.717, 1.165) is 17.4 Å². The number of carbonyl (C=O) groups excluding carboxylic acids is 2. The van der Waals surface area contributed by atoms with E-state index >= 15 is 0 Å². The lowest BCUT2D eigenvalue weighted by Gasteiger charge is -2.31. The van der Waals surface area contributed by atoms with Gasteiger partial charge in [-0.1, -0.05) is 60.7 Å². The molecule has 7 nitrogen and oxygen atoms in total. The molecular weight excluding hydrogens is 505 g/mol. The van der Waals surface area contributed by atoms with Crippen LogP contribution in [-0.4, -0.2) is 51.0 Å². The largest absolute Gasteiger partial charge is 0.357 e. The quantitative estimate of drug-likeness (QED) is 0.376. The second-order valence-electron chi connectivity index (χ2n) is 9.21. The number of sulfonamides is 1. The number of nitrogens with one attached hydrogen (secondary N) is 1. The van der Waals surface area contributed by atoms with Gasteiger partial charge in [-0.05, 0) is 42.7 Å². The van der Waals surface area contributed by atoms with Gasteiger partial charge in [0.1, 0.15) is 11.9 Å². The Labute approximate surface area is 224 Å². The molecule has 0 spiro atoms. The normalized spacial score (nSPS) is 12.0. The predicted octanol–water partition coefficient (Wildman–Crippen LogP) is 4.07. The molecule has 3 aromatic carbocycles. The van der Waals surface area contributed by atoms with E-state index in [4.69, 9.17) is 0 Å². The van der Waals surface area contributed by atoms with Gasteiger partial charge in [0.25, 0.3) is 0 Å².